The molecule has 1 aromatic rings. The first-order valence-electron chi connectivity index (χ1n) is 5.61. The van der Waals surface area contributed by atoms with Crippen LogP contribution in [-0.4, -0.2) is 18.0 Å². The van der Waals surface area contributed by atoms with Gasteiger partial charge in [-0.3, -0.25) is 10.1 Å². The van der Waals surface area contributed by atoms with Gasteiger partial charge in [0, 0.05) is 12.0 Å². The molecule has 1 saturated heterocycles. The largest absolute Gasteiger partial charge is 0.490 e. The van der Waals surface area contributed by atoms with Gasteiger partial charge in [0.25, 0.3) is 5.91 Å². The zero-order valence-electron chi connectivity index (χ0n) is 9.62. The SMILES string of the molecule is CC1CC2(NC(=O)NC2=O)c2cc(F)ccc2O1. The fourth-order valence-electron chi connectivity index (χ4n) is 2.56. The van der Waals surface area contributed by atoms with Crippen LogP contribution in [0.15, 0.2) is 18.2 Å². The van der Waals surface area contributed by atoms with E-state index in [1.165, 1.54) is 18.2 Å². The number of urea groups is 1. The topological polar surface area (TPSA) is 67.4 Å². The molecule has 2 aliphatic heterocycles. The molecule has 1 fully saturated rings. The van der Waals surface area contributed by atoms with E-state index in [1.807, 2.05) is 0 Å². The van der Waals surface area contributed by atoms with Gasteiger partial charge < -0.3 is 10.1 Å². The number of amides is 3. The van der Waals surface area contributed by atoms with Crippen LogP contribution in [0.2, 0.25) is 0 Å². The molecule has 2 heterocycles. The van der Waals surface area contributed by atoms with Gasteiger partial charge in [-0.2, -0.15) is 0 Å². The molecular weight excluding hydrogens is 239 g/mol. The predicted octanol–water partition coefficient (Wildman–Crippen LogP) is 1.03. The van der Waals surface area contributed by atoms with Crippen molar-refractivity contribution in [1.29, 1.82) is 0 Å². The van der Waals surface area contributed by atoms with Crippen LogP contribution in [0.1, 0.15) is 18.9 Å². The first-order valence-corrected chi connectivity index (χ1v) is 5.61. The van der Waals surface area contributed by atoms with Crippen molar-refractivity contribution in [3.63, 3.8) is 0 Å². The predicted molar refractivity (Wildman–Crippen MR) is 59.5 cm³/mol. The summed E-state index contributed by atoms with van der Waals surface area (Å²) in [5.41, 5.74) is -0.851. The second-order valence-corrected chi connectivity index (χ2v) is 4.59. The lowest BCUT2D eigenvalue weighted by Crippen LogP contribution is -2.49. The number of nitrogens with one attached hydrogen (secondary N) is 2. The van der Waals surface area contributed by atoms with Gasteiger partial charge in [-0.1, -0.05) is 0 Å². The molecule has 0 bridgehead atoms. The summed E-state index contributed by atoms with van der Waals surface area (Å²) in [6, 6.07) is 3.40. The fourth-order valence-corrected chi connectivity index (χ4v) is 2.56. The lowest BCUT2D eigenvalue weighted by atomic mass is 9.82. The summed E-state index contributed by atoms with van der Waals surface area (Å²) in [6.07, 6.45) is 0.0354. The number of ether oxygens (including phenoxy) is 1. The highest BCUT2D eigenvalue weighted by Crippen LogP contribution is 2.41. The summed E-state index contributed by atoms with van der Waals surface area (Å²) in [7, 11) is 0. The van der Waals surface area contributed by atoms with Crippen molar-refractivity contribution in [3.05, 3.63) is 29.6 Å². The average molecular weight is 250 g/mol. The van der Waals surface area contributed by atoms with Crippen LogP contribution in [0.3, 0.4) is 0 Å². The molecule has 1 spiro atoms. The van der Waals surface area contributed by atoms with E-state index < -0.39 is 23.3 Å². The van der Waals surface area contributed by atoms with Crippen LogP contribution in [0, 0.1) is 5.82 Å². The zero-order chi connectivity index (χ0) is 12.9. The van der Waals surface area contributed by atoms with Crippen molar-refractivity contribution >= 4 is 11.9 Å². The Hall–Kier alpha value is -2.11. The lowest BCUT2D eigenvalue weighted by Gasteiger charge is -2.36. The number of benzene rings is 1. The van der Waals surface area contributed by atoms with E-state index in [9.17, 15) is 14.0 Å². The molecule has 18 heavy (non-hydrogen) atoms. The first kappa shape index (κ1) is 11.0. The molecule has 0 saturated carbocycles. The van der Waals surface area contributed by atoms with Gasteiger partial charge in [-0.05, 0) is 25.1 Å². The quantitative estimate of drug-likeness (QED) is 0.676. The minimum absolute atomic E-state index is 0.243. The third-order valence-electron chi connectivity index (χ3n) is 3.26. The highest BCUT2D eigenvalue weighted by Gasteiger charge is 2.52. The third-order valence-corrected chi connectivity index (χ3v) is 3.26. The van der Waals surface area contributed by atoms with E-state index in [4.69, 9.17) is 4.74 Å². The molecule has 1 aromatic carbocycles. The van der Waals surface area contributed by atoms with Gasteiger partial charge in [0.05, 0.1) is 6.10 Å². The van der Waals surface area contributed by atoms with Crippen LogP contribution < -0.4 is 15.4 Å². The monoisotopic (exact) mass is 250 g/mol. The second-order valence-electron chi connectivity index (χ2n) is 4.59. The van der Waals surface area contributed by atoms with Gasteiger partial charge in [0.1, 0.15) is 11.6 Å². The van der Waals surface area contributed by atoms with E-state index in [0.717, 1.165) is 0 Å². The average Bonchev–Trinajstić information content (AvgIpc) is 2.55. The Morgan fingerprint density at radius 2 is 2.22 bits per heavy atom. The Bertz CT molecular complexity index is 560. The summed E-state index contributed by atoms with van der Waals surface area (Å²) in [4.78, 5) is 23.4. The highest BCUT2D eigenvalue weighted by molar-refractivity contribution is 6.07. The van der Waals surface area contributed by atoms with E-state index >= 15 is 0 Å². The fraction of sp³-hybridized carbons (Fsp3) is 0.333. The number of hydrogen-bond acceptors (Lipinski definition) is 3. The molecule has 0 aromatic heterocycles. The molecule has 94 valence electrons. The molecule has 2 unspecified atom stereocenters. The molecular formula is C12H11FN2O3. The van der Waals surface area contributed by atoms with Crippen molar-refractivity contribution < 1.29 is 18.7 Å². The third kappa shape index (κ3) is 1.38. The Labute approximate surface area is 102 Å². The molecule has 6 heteroatoms. The zero-order valence-corrected chi connectivity index (χ0v) is 9.62. The van der Waals surface area contributed by atoms with Crippen LogP contribution in [0.25, 0.3) is 0 Å². The number of halogens is 1. The number of fused-ring (bicyclic) bond motifs is 2. The molecule has 2 N–H and O–H groups in total. The second kappa shape index (κ2) is 3.44. The maximum atomic E-state index is 13.4. The minimum atomic E-state index is -1.22. The first-order chi connectivity index (χ1) is 8.51. The van der Waals surface area contributed by atoms with Crippen molar-refractivity contribution in [2.45, 2.75) is 25.0 Å². The maximum absolute atomic E-state index is 13.4. The molecule has 2 atom stereocenters. The number of carbonyl (C=O) groups is 2. The van der Waals surface area contributed by atoms with E-state index in [0.29, 0.717) is 11.3 Å². The van der Waals surface area contributed by atoms with Crippen LogP contribution >= 0.6 is 0 Å². The molecule has 0 radical (unpaired) electrons. The summed E-state index contributed by atoms with van der Waals surface area (Å²) in [5.74, 6) is -0.512. The van der Waals surface area contributed by atoms with Gasteiger partial charge in [0.2, 0.25) is 0 Å². The Balaban J connectivity index is 2.20. The van der Waals surface area contributed by atoms with Gasteiger partial charge in [-0.25, -0.2) is 9.18 Å². The van der Waals surface area contributed by atoms with Gasteiger partial charge in [0.15, 0.2) is 5.54 Å². The highest BCUT2D eigenvalue weighted by atomic mass is 19.1. The van der Waals surface area contributed by atoms with Gasteiger partial charge in [-0.15, -0.1) is 0 Å². The normalized spacial score (nSPS) is 29.6. The summed E-state index contributed by atoms with van der Waals surface area (Å²) in [5, 5.41) is 4.78. The van der Waals surface area contributed by atoms with Gasteiger partial charge >= 0.3 is 6.03 Å². The van der Waals surface area contributed by atoms with Crippen molar-refractivity contribution in [2.75, 3.05) is 0 Å². The van der Waals surface area contributed by atoms with Crippen LogP contribution in [0.5, 0.6) is 5.75 Å². The number of hydrogen-bond donors (Lipinski definition) is 2. The lowest BCUT2D eigenvalue weighted by molar-refractivity contribution is -0.126. The van der Waals surface area contributed by atoms with Crippen molar-refractivity contribution in [3.8, 4) is 5.75 Å². The number of imide groups is 1. The van der Waals surface area contributed by atoms with E-state index in [2.05, 4.69) is 10.6 Å². The van der Waals surface area contributed by atoms with E-state index in [-0.39, 0.29) is 12.5 Å². The van der Waals surface area contributed by atoms with Crippen LogP contribution in [-0.2, 0) is 10.3 Å². The molecule has 3 rings (SSSR count). The van der Waals surface area contributed by atoms with E-state index in [1.54, 1.807) is 6.92 Å². The number of carbonyl (C=O) groups excluding carboxylic acids is 2. The number of rotatable bonds is 0. The Morgan fingerprint density at radius 1 is 1.44 bits per heavy atom. The van der Waals surface area contributed by atoms with Crippen LogP contribution in [0.4, 0.5) is 9.18 Å². The minimum Gasteiger partial charge on any atom is -0.490 e. The summed E-state index contributed by atoms with van der Waals surface area (Å²) in [6.45, 7) is 1.80. The van der Waals surface area contributed by atoms with Crippen molar-refractivity contribution in [1.82, 2.24) is 10.6 Å². The standard InChI is InChI=1S/C12H11FN2O3/c1-6-5-12(10(16)14-11(17)15-12)8-4-7(13)2-3-9(8)18-6/h2-4,6H,5H2,1H3,(H2,14,15,16,17). The molecule has 5 nitrogen and oxygen atoms in total. The summed E-state index contributed by atoms with van der Waals surface area (Å²) < 4.78 is 18.9. The smallest absolute Gasteiger partial charge is 0.322 e. The Kier molecular flexibility index (Phi) is 2.10. The van der Waals surface area contributed by atoms with Crippen molar-refractivity contribution in [2.24, 2.45) is 0 Å². The maximum Gasteiger partial charge on any atom is 0.322 e. The Morgan fingerprint density at radius 3 is 2.89 bits per heavy atom. The molecule has 2 aliphatic rings. The molecule has 3 amide bonds. The molecule has 0 aliphatic carbocycles. The summed E-state index contributed by atoms with van der Waals surface area (Å²) >= 11 is 0.